The molecule has 24 heavy (non-hydrogen) atoms. The quantitative estimate of drug-likeness (QED) is 0.614. The molecule has 0 unspecified atom stereocenters. The Hall–Kier alpha value is -1.89. The first-order valence-corrected chi connectivity index (χ1v) is 8.68. The molecular formula is C17H16ClNO4S. The second-order valence-corrected chi connectivity index (χ2v) is 6.98. The van der Waals surface area contributed by atoms with E-state index in [9.17, 15) is 9.59 Å². The van der Waals surface area contributed by atoms with Crippen LogP contribution in [0.1, 0.15) is 17.4 Å². The predicted molar refractivity (Wildman–Crippen MR) is 91.7 cm³/mol. The number of thiophene rings is 1. The van der Waals surface area contributed by atoms with Crippen LogP contribution in [0.15, 0.2) is 30.3 Å². The fraction of sp³-hybridized carbons (Fsp3) is 0.294. The first-order chi connectivity index (χ1) is 11.5. The first kappa shape index (κ1) is 17.0. The molecule has 0 bridgehead atoms. The molecule has 0 amide bonds. The van der Waals surface area contributed by atoms with Crippen molar-refractivity contribution < 1.29 is 19.1 Å². The predicted octanol–water partition coefficient (Wildman–Crippen LogP) is 3.29. The standard InChI is InChI=1S/C17H16ClNO4S/c1-11(20)22-17-8-12-9-19(7-6-15(12)24-17)10-16(21)23-14-5-3-2-4-13(14)18/h2-5,8H,6-7,9-10H2,1H3. The molecule has 0 fully saturated rings. The summed E-state index contributed by atoms with van der Waals surface area (Å²) >= 11 is 7.48. The van der Waals surface area contributed by atoms with Crippen LogP contribution in [0.4, 0.5) is 0 Å². The molecule has 1 aliphatic heterocycles. The zero-order valence-electron chi connectivity index (χ0n) is 13.1. The number of carbonyl (C=O) groups excluding carboxylic acids is 2. The normalized spacial score (nSPS) is 14.1. The molecule has 126 valence electrons. The van der Waals surface area contributed by atoms with Gasteiger partial charge in [0.25, 0.3) is 0 Å². The van der Waals surface area contributed by atoms with Crippen LogP contribution in [0.2, 0.25) is 5.02 Å². The Labute approximate surface area is 148 Å². The van der Waals surface area contributed by atoms with Gasteiger partial charge in [-0.15, -0.1) is 11.3 Å². The maximum atomic E-state index is 12.1. The van der Waals surface area contributed by atoms with Crippen molar-refractivity contribution >= 4 is 34.9 Å². The monoisotopic (exact) mass is 365 g/mol. The maximum absolute atomic E-state index is 12.1. The van der Waals surface area contributed by atoms with Gasteiger partial charge in [-0.25, -0.2) is 0 Å². The average Bonchev–Trinajstić information content (AvgIpc) is 2.90. The van der Waals surface area contributed by atoms with Gasteiger partial charge in [-0.05, 0) is 30.2 Å². The van der Waals surface area contributed by atoms with Gasteiger partial charge in [-0.1, -0.05) is 23.7 Å². The van der Waals surface area contributed by atoms with Gasteiger partial charge >= 0.3 is 11.9 Å². The molecule has 0 atom stereocenters. The Morgan fingerprint density at radius 1 is 1.29 bits per heavy atom. The summed E-state index contributed by atoms with van der Waals surface area (Å²) in [6, 6.07) is 8.76. The van der Waals surface area contributed by atoms with Crippen LogP contribution in [-0.4, -0.2) is 29.9 Å². The minimum Gasteiger partial charge on any atom is -0.424 e. The Kier molecular flexibility index (Phi) is 5.18. The lowest BCUT2D eigenvalue weighted by Gasteiger charge is -2.25. The van der Waals surface area contributed by atoms with Crippen LogP contribution >= 0.6 is 22.9 Å². The smallest absolute Gasteiger partial charge is 0.325 e. The van der Waals surface area contributed by atoms with E-state index in [1.54, 1.807) is 24.3 Å². The number of rotatable bonds is 4. The van der Waals surface area contributed by atoms with Crippen LogP contribution in [-0.2, 0) is 22.6 Å². The Morgan fingerprint density at radius 2 is 2.08 bits per heavy atom. The number of fused-ring (bicyclic) bond motifs is 1. The van der Waals surface area contributed by atoms with Gasteiger partial charge < -0.3 is 9.47 Å². The summed E-state index contributed by atoms with van der Waals surface area (Å²) in [6.45, 7) is 2.95. The number of benzene rings is 1. The summed E-state index contributed by atoms with van der Waals surface area (Å²) in [6.07, 6.45) is 0.820. The van der Waals surface area contributed by atoms with Crippen molar-refractivity contribution in [2.24, 2.45) is 0 Å². The highest BCUT2D eigenvalue weighted by molar-refractivity contribution is 7.14. The summed E-state index contributed by atoms with van der Waals surface area (Å²) in [5, 5.41) is 1.02. The van der Waals surface area contributed by atoms with E-state index in [0.717, 1.165) is 18.5 Å². The topological polar surface area (TPSA) is 55.8 Å². The number of halogens is 1. The van der Waals surface area contributed by atoms with E-state index in [4.69, 9.17) is 21.1 Å². The number of esters is 2. The molecule has 1 aromatic heterocycles. The summed E-state index contributed by atoms with van der Waals surface area (Å²) in [5.41, 5.74) is 1.09. The van der Waals surface area contributed by atoms with Crippen molar-refractivity contribution in [3.8, 4) is 10.8 Å². The number of ether oxygens (including phenoxy) is 2. The lowest BCUT2D eigenvalue weighted by molar-refractivity contribution is -0.136. The van der Waals surface area contributed by atoms with E-state index in [1.807, 2.05) is 11.0 Å². The zero-order chi connectivity index (χ0) is 17.1. The van der Waals surface area contributed by atoms with Crippen molar-refractivity contribution in [3.63, 3.8) is 0 Å². The van der Waals surface area contributed by atoms with Gasteiger partial charge in [0, 0.05) is 24.9 Å². The first-order valence-electron chi connectivity index (χ1n) is 7.49. The molecule has 7 heteroatoms. The fourth-order valence-electron chi connectivity index (χ4n) is 2.56. The molecular weight excluding hydrogens is 350 g/mol. The molecule has 0 aliphatic carbocycles. The largest absolute Gasteiger partial charge is 0.424 e. The third-order valence-electron chi connectivity index (χ3n) is 3.58. The van der Waals surface area contributed by atoms with Crippen LogP contribution in [0, 0.1) is 0 Å². The second-order valence-electron chi connectivity index (χ2n) is 5.47. The van der Waals surface area contributed by atoms with E-state index < -0.39 is 0 Å². The van der Waals surface area contributed by atoms with Crippen LogP contribution in [0.5, 0.6) is 10.8 Å². The Bertz CT molecular complexity index is 774. The van der Waals surface area contributed by atoms with Gasteiger partial charge in [0.1, 0.15) is 5.75 Å². The van der Waals surface area contributed by atoms with Crippen molar-refractivity contribution in [1.82, 2.24) is 4.90 Å². The fourth-order valence-corrected chi connectivity index (χ4v) is 3.78. The number of hydrogen-bond donors (Lipinski definition) is 0. The minimum atomic E-state index is -0.345. The van der Waals surface area contributed by atoms with Gasteiger partial charge in [-0.3, -0.25) is 14.5 Å². The number of para-hydroxylation sites is 1. The minimum absolute atomic E-state index is 0.184. The summed E-state index contributed by atoms with van der Waals surface area (Å²) < 4.78 is 10.4. The Morgan fingerprint density at radius 3 is 2.83 bits per heavy atom. The van der Waals surface area contributed by atoms with Gasteiger partial charge in [-0.2, -0.15) is 0 Å². The summed E-state index contributed by atoms with van der Waals surface area (Å²) in [5.74, 6) is -0.301. The van der Waals surface area contributed by atoms with Crippen molar-refractivity contribution in [1.29, 1.82) is 0 Å². The van der Waals surface area contributed by atoms with Gasteiger partial charge in [0.2, 0.25) is 0 Å². The second kappa shape index (κ2) is 7.34. The van der Waals surface area contributed by atoms with Gasteiger partial charge in [0.15, 0.2) is 5.06 Å². The van der Waals surface area contributed by atoms with Crippen LogP contribution in [0.3, 0.4) is 0 Å². The molecule has 2 aromatic rings. The van der Waals surface area contributed by atoms with Crippen LogP contribution in [0.25, 0.3) is 0 Å². The highest BCUT2D eigenvalue weighted by atomic mass is 35.5. The lowest BCUT2D eigenvalue weighted by Crippen LogP contribution is -2.35. The molecule has 0 radical (unpaired) electrons. The molecule has 0 spiro atoms. The van der Waals surface area contributed by atoms with E-state index in [1.165, 1.54) is 23.1 Å². The molecule has 2 heterocycles. The third-order valence-corrected chi connectivity index (χ3v) is 5.01. The Balaban J connectivity index is 1.59. The van der Waals surface area contributed by atoms with Gasteiger partial charge in [0.05, 0.1) is 11.6 Å². The van der Waals surface area contributed by atoms with E-state index >= 15 is 0 Å². The zero-order valence-corrected chi connectivity index (χ0v) is 14.7. The van der Waals surface area contributed by atoms with Crippen LogP contribution < -0.4 is 9.47 Å². The highest BCUT2D eigenvalue weighted by Crippen LogP contribution is 2.33. The van der Waals surface area contributed by atoms with E-state index in [2.05, 4.69) is 0 Å². The molecule has 0 N–H and O–H groups in total. The third kappa shape index (κ3) is 4.14. The van der Waals surface area contributed by atoms with Crippen molar-refractivity contribution in [2.75, 3.05) is 13.1 Å². The number of hydrogen-bond acceptors (Lipinski definition) is 6. The highest BCUT2D eigenvalue weighted by Gasteiger charge is 2.22. The molecule has 0 saturated heterocycles. The molecule has 1 aliphatic rings. The number of nitrogens with zero attached hydrogens (tertiary/aromatic N) is 1. The number of carbonyl (C=O) groups is 2. The molecule has 0 saturated carbocycles. The SMILES string of the molecule is CC(=O)Oc1cc2c(s1)CCN(CC(=O)Oc1ccccc1Cl)C2. The van der Waals surface area contributed by atoms with E-state index in [-0.39, 0.29) is 18.5 Å². The summed E-state index contributed by atoms with van der Waals surface area (Å²) in [4.78, 5) is 26.3. The maximum Gasteiger partial charge on any atom is 0.325 e. The van der Waals surface area contributed by atoms with Crippen molar-refractivity contribution in [2.45, 2.75) is 19.9 Å². The van der Waals surface area contributed by atoms with Crippen molar-refractivity contribution in [3.05, 3.63) is 45.8 Å². The molecule has 1 aromatic carbocycles. The lowest BCUT2D eigenvalue weighted by atomic mass is 10.1. The molecule has 5 nitrogen and oxygen atoms in total. The average molecular weight is 366 g/mol. The molecule has 3 rings (SSSR count). The van der Waals surface area contributed by atoms with E-state index in [0.29, 0.717) is 22.4 Å². The summed E-state index contributed by atoms with van der Waals surface area (Å²) in [7, 11) is 0.